The number of aromatic nitrogens is 2. The van der Waals surface area contributed by atoms with Crippen LogP contribution in [0, 0.1) is 3.57 Å². The predicted molar refractivity (Wildman–Crippen MR) is 102 cm³/mol. The van der Waals surface area contributed by atoms with Crippen molar-refractivity contribution in [2.75, 3.05) is 10.6 Å². The summed E-state index contributed by atoms with van der Waals surface area (Å²) in [4.78, 5) is 20.0. The van der Waals surface area contributed by atoms with Gasteiger partial charge in [0.1, 0.15) is 7.85 Å². The maximum Gasteiger partial charge on any atom is 0.227 e. The van der Waals surface area contributed by atoms with E-state index in [-0.39, 0.29) is 5.91 Å². The molecule has 23 heavy (non-hydrogen) atoms. The first-order valence-electron chi connectivity index (χ1n) is 6.87. The minimum atomic E-state index is -0.113. The number of fused-ring (bicyclic) bond motifs is 1. The maximum atomic E-state index is 11.2. The summed E-state index contributed by atoms with van der Waals surface area (Å²) >= 11 is 2.19. The Morgan fingerprint density at radius 1 is 1.17 bits per heavy atom. The van der Waals surface area contributed by atoms with E-state index in [9.17, 15) is 4.79 Å². The van der Waals surface area contributed by atoms with Crippen LogP contribution in [0.15, 0.2) is 42.6 Å². The van der Waals surface area contributed by atoms with Crippen LogP contribution in [0.5, 0.6) is 0 Å². The second-order valence-electron chi connectivity index (χ2n) is 5.05. The summed E-state index contributed by atoms with van der Waals surface area (Å²) in [7, 11) is 5.75. The van der Waals surface area contributed by atoms with E-state index >= 15 is 0 Å². The number of carbonyl (C=O) groups excluding carboxylic acids is 1. The molecule has 1 amide bonds. The van der Waals surface area contributed by atoms with Crippen molar-refractivity contribution in [3.8, 4) is 0 Å². The van der Waals surface area contributed by atoms with Gasteiger partial charge in [0, 0.05) is 33.5 Å². The van der Waals surface area contributed by atoms with Gasteiger partial charge in [-0.3, -0.25) is 4.79 Å². The molecular formula is C16H12BIN4O. The number of nitrogens with one attached hydrogen (secondary N) is 2. The third kappa shape index (κ3) is 3.98. The molecule has 0 fully saturated rings. The highest BCUT2D eigenvalue weighted by Crippen LogP contribution is 2.23. The summed E-state index contributed by atoms with van der Waals surface area (Å²) in [6.07, 6.45) is 1.73. The van der Waals surface area contributed by atoms with E-state index in [4.69, 9.17) is 7.85 Å². The van der Waals surface area contributed by atoms with Gasteiger partial charge < -0.3 is 10.6 Å². The van der Waals surface area contributed by atoms with Gasteiger partial charge in [0.15, 0.2) is 0 Å². The largest absolute Gasteiger partial charge is 0.326 e. The van der Waals surface area contributed by atoms with Crippen molar-refractivity contribution in [1.29, 1.82) is 0 Å². The molecule has 2 radical (unpaired) electrons. The van der Waals surface area contributed by atoms with Gasteiger partial charge in [0.05, 0.1) is 5.52 Å². The lowest BCUT2D eigenvalue weighted by molar-refractivity contribution is -0.114. The highest BCUT2D eigenvalue weighted by atomic mass is 127. The molecule has 0 saturated carbocycles. The number of benzene rings is 2. The number of hydrogen-bond acceptors (Lipinski definition) is 4. The SMILES string of the molecule is [B]c1ccc2nc(Nc3cc(I)cc(NC(C)=O)c3)ncc2c1. The number of halogens is 1. The molecule has 0 aliphatic carbocycles. The van der Waals surface area contributed by atoms with Gasteiger partial charge >= 0.3 is 0 Å². The average Bonchev–Trinajstić information content (AvgIpc) is 2.46. The monoisotopic (exact) mass is 414 g/mol. The fourth-order valence-electron chi connectivity index (χ4n) is 2.18. The average molecular weight is 414 g/mol. The van der Waals surface area contributed by atoms with E-state index in [1.165, 1.54) is 6.92 Å². The van der Waals surface area contributed by atoms with Gasteiger partial charge in [-0.2, -0.15) is 0 Å². The smallest absolute Gasteiger partial charge is 0.227 e. The van der Waals surface area contributed by atoms with Crippen molar-refractivity contribution in [2.24, 2.45) is 0 Å². The Balaban J connectivity index is 1.90. The van der Waals surface area contributed by atoms with Crippen molar-refractivity contribution in [1.82, 2.24) is 9.97 Å². The van der Waals surface area contributed by atoms with Gasteiger partial charge in [-0.05, 0) is 46.9 Å². The molecule has 0 atom stereocenters. The molecule has 0 aliphatic rings. The Morgan fingerprint density at radius 2 is 1.96 bits per heavy atom. The number of nitrogens with zero attached hydrogens (tertiary/aromatic N) is 2. The second-order valence-corrected chi connectivity index (χ2v) is 6.29. The molecule has 2 aromatic carbocycles. The Bertz CT molecular complexity index is 900. The van der Waals surface area contributed by atoms with Crippen LogP contribution < -0.4 is 16.1 Å². The molecule has 0 bridgehead atoms. The standard InChI is InChI=1S/C16H12BIN4O/c1-9(23)20-13-5-12(18)6-14(7-13)21-16-19-8-10-4-11(17)2-3-15(10)22-16/h2-8H,1H3,(H,20,23)(H,19,21,22). The van der Waals surface area contributed by atoms with Crippen LogP contribution in [-0.4, -0.2) is 23.7 Å². The molecular weight excluding hydrogens is 402 g/mol. The third-order valence-corrected chi connectivity index (χ3v) is 3.70. The normalized spacial score (nSPS) is 10.5. The van der Waals surface area contributed by atoms with Crippen molar-refractivity contribution in [2.45, 2.75) is 6.92 Å². The van der Waals surface area contributed by atoms with E-state index in [1.54, 1.807) is 12.3 Å². The first kappa shape index (κ1) is 15.7. The van der Waals surface area contributed by atoms with Gasteiger partial charge in [0.2, 0.25) is 11.9 Å². The topological polar surface area (TPSA) is 66.9 Å². The molecule has 2 N–H and O–H groups in total. The lowest BCUT2D eigenvalue weighted by atomic mass is 9.95. The Labute approximate surface area is 148 Å². The molecule has 0 unspecified atom stereocenters. The maximum absolute atomic E-state index is 11.2. The Hall–Kier alpha value is -2.16. The fraction of sp³-hybridized carbons (Fsp3) is 0.0625. The van der Waals surface area contributed by atoms with Crippen molar-refractivity contribution < 1.29 is 4.79 Å². The number of carbonyl (C=O) groups is 1. The van der Waals surface area contributed by atoms with Crippen LogP contribution >= 0.6 is 22.6 Å². The lowest BCUT2D eigenvalue weighted by Gasteiger charge is -2.09. The first-order valence-corrected chi connectivity index (χ1v) is 7.95. The number of amides is 1. The molecule has 0 aliphatic heterocycles. The molecule has 5 nitrogen and oxygen atoms in total. The van der Waals surface area contributed by atoms with Crippen molar-refractivity contribution in [3.63, 3.8) is 0 Å². The van der Waals surface area contributed by atoms with E-state index in [2.05, 4.69) is 43.2 Å². The quantitative estimate of drug-likeness (QED) is 0.511. The zero-order chi connectivity index (χ0) is 16.4. The second kappa shape index (κ2) is 6.53. The zero-order valence-electron chi connectivity index (χ0n) is 12.3. The van der Waals surface area contributed by atoms with Crippen LogP contribution in [0.2, 0.25) is 0 Å². The predicted octanol–water partition coefficient (Wildman–Crippen LogP) is 2.73. The minimum Gasteiger partial charge on any atom is -0.326 e. The highest BCUT2D eigenvalue weighted by molar-refractivity contribution is 14.1. The van der Waals surface area contributed by atoms with E-state index in [0.29, 0.717) is 11.4 Å². The molecule has 112 valence electrons. The van der Waals surface area contributed by atoms with E-state index < -0.39 is 0 Å². The molecule has 3 aromatic rings. The summed E-state index contributed by atoms with van der Waals surface area (Å²) in [5, 5.41) is 6.81. The summed E-state index contributed by atoms with van der Waals surface area (Å²) < 4.78 is 0.991. The van der Waals surface area contributed by atoms with E-state index in [1.807, 2.05) is 30.3 Å². The third-order valence-electron chi connectivity index (χ3n) is 3.08. The summed E-state index contributed by atoms with van der Waals surface area (Å²) in [6, 6.07) is 11.2. The lowest BCUT2D eigenvalue weighted by Crippen LogP contribution is -2.06. The molecule has 1 aromatic heterocycles. The number of anilines is 3. The molecule has 7 heteroatoms. The van der Waals surface area contributed by atoms with Crippen LogP contribution in [-0.2, 0) is 4.79 Å². The van der Waals surface area contributed by atoms with Gasteiger partial charge in [-0.25, -0.2) is 9.97 Å². The van der Waals surface area contributed by atoms with Crippen LogP contribution in [0.25, 0.3) is 10.9 Å². The van der Waals surface area contributed by atoms with Gasteiger partial charge in [0.25, 0.3) is 0 Å². The van der Waals surface area contributed by atoms with Crippen LogP contribution in [0.1, 0.15) is 6.92 Å². The molecule has 3 rings (SSSR count). The van der Waals surface area contributed by atoms with Gasteiger partial charge in [-0.1, -0.05) is 17.6 Å². The Morgan fingerprint density at radius 3 is 2.74 bits per heavy atom. The van der Waals surface area contributed by atoms with Crippen molar-refractivity contribution >= 4 is 70.0 Å². The molecule has 1 heterocycles. The Kier molecular flexibility index (Phi) is 4.47. The van der Waals surface area contributed by atoms with Crippen molar-refractivity contribution in [3.05, 3.63) is 46.2 Å². The minimum absolute atomic E-state index is 0.113. The summed E-state index contributed by atoms with van der Waals surface area (Å²) in [5.74, 6) is 0.371. The first-order chi connectivity index (χ1) is 11.0. The summed E-state index contributed by atoms with van der Waals surface area (Å²) in [6.45, 7) is 1.48. The summed E-state index contributed by atoms with van der Waals surface area (Å²) in [5.41, 5.74) is 3.01. The highest BCUT2D eigenvalue weighted by Gasteiger charge is 2.04. The molecule has 0 spiro atoms. The van der Waals surface area contributed by atoms with Gasteiger partial charge in [-0.15, -0.1) is 0 Å². The molecule has 0 saturated heterocycles. The number of rotatable bonds is 3. The fourth-order valence-corrected chi connectivity index (χ4v) is 2.85. The van der Waals surface area contributed by atoms with Crippen LogP contribution in [0.4, 0.5) is 17.3 Å². The number of hydrogen-bond donors (Lipinski definition) is 2. The zero-order valence-corrected chi connectivity index (χ0v) is 14.5. The van der Waals surface area contributed by atoms with Crippen LogP contribution in [0.3, 0.4) is 0 Å². The van der Waals surface area contributed by atoms with E-state index in [0.717, 1.165) is 25.8 Å².